The van der Waals surface area contributed by atoms with Crippen molar-refractivity contribution in [3.63, 3.8) is 0 Å². The number of carbonyl (C=O) groups is 1. The molecule has 0 heterocycles. The molecule has 1 aliphatic carbocycles. The average Bonchev–Trinajstić information content (AvgIpc) is 2.90. The van der Waals surface area contributed by atoms with E-state index >= 15 is 0 Å². The Balaban J connectivity index is 2.05. The maximum atomic E-state index is 12.3. The second kappa shape index (κ2) is 6.58. The number of hydrogen-bond donors (Lipinski definition) is 2. The highest BCUT2D eigenvalue weighted by atomic mass is 16.1. The fourth-order valence-corrected chi connectivity index (χ4v) is 2.73. The second-order valence-corrected chi connectivity index (χ2v) is 5.75. The first-order valence-electron chi connectivity index (χ1n) is 7.21. The molecule has 1 aromatic carbocycles. The van der Waals surface area contributed by atoms with Gasteiger partial charge in [-0.3, -0.25) is 4.79 Å². The highest BCUT2D eigenvalue weighted by Gasteiger charge is 2.29. The Morgan fingerprint density at radius 3 is 2.75 bits per heavy atom. The lowest BCUT2D eigenvalue weighted by Gasteiger charge is -2.23. The molecular formula is C17H22N2O. The van der Waals surface area contributed by atoms with E-state index in [4.69, 9.17) is 5.73 Å². The van der Waals surface area contributed by atoms with Gasteiger partial charge in [0.25, 0.3) is 5.91 Å². The Morgan fingerprint density at radius 1 is 1.35 bits per heavy atom. The summed E-state index contributed by atoms with van der Waals surface area (Å²) in [5.41, 5.74) is 7.02. The summed E-state index contributed by atoms with van der Waals surface area (Å²) in [4.78, 5) is 12.3. The van der Waals surface area contributed by atoms with Gasteiger partial charge in [-0.15, -0.1) is 0 Å². The van der Waals surface area contributed by atoms with Crippen LogP contribution >= 0.6 is 0 Å². The van der Waals surface area contributed by atoms with Crippen LogP contribution in [-0.4, -0.2) is 19.0 Å². The lowest BCUT2D eigenvalue weighted by atomic mass is 9.89. The van der Waals surface area contributed by atoms with E-state index in [2.05, 4.69) is 24.1 Å². The van der Waals surface area contributed by atoms with Gasteiger partial charge >= 0.3 is 0 Å². The molecule has 1 saturated carbocycles. The minimum absolute atomic E-state index is 0.0416. The Labute approximate surface area is 120 Å². The van der Waals surface area contributed by atoms with Crippen LogP contribution in [0.4, 0.5) is 0 Å². The van der Waals surface area contributed by atoms with E-state index < -0.39 is 0 Å². The van der Waals surface area contributed by atoms with Crippen molar-refractivity contribution in [1.29, 1.82) is 0 Å². The van der Waals surface area contributed by atoms with Gasteiger partial charge in [-0.2, -0.15) is 0 Å². The number of amides is 1. The quantitative estimate of drug-likeness (QED) is 0.828. The van der Waals surface area contributed by atoms with Crippen molar-refractivity contribution in [2.75, 3.05) is 13.1 Å². The van der Waals surface area contributed by atoms with Gasteiger partial charge < -0.3 is 11.1 Å². The number of nitrogens with one attached hydrogen (secondary N) is 1. The van der Waals surface area contributed by atoms with Crippen LogP contribution in [0.1, 0.15) is 48.5 Å². The van der Waals surface area contributed by atoms with Crippen molar-refractivity contribution >= 4 is 5.91 Å². The minimum Gasteiger partial charge on any atom is -0.351 e. The molecule has 0 aromatic heterocycles. The van der Waals surface area contributed by atoms with Gasteiger partial charge in [-0.1, -0.05) is 43.7 Å². The number of rotatable bonds is 3. The van der Waals surface area contributed by atoms with E-state index in [0.29, 0.717) is 12.1 Å². The zero-order valence-electron chi connectivity index (χ0n) is 12.0. The molecule has 1 aliphatic rings. The van der Waals surface area contributed by atoms with Gasteiger partial charge in [0.2, 0.25) is 0 Å². The topological polar surface area (TPSA) is 55.1 Å². The summed E-state index contributed by atoms with van der Waals surface area (Å²) in [6, 6.07) is 7.41. The highest BCUT2D eigenvalue weighted by Crippen LogP contribution is 2.36. The van der Waals surface area contributed by atoms with Gasteiger partial charge in [0.15, 0.2) is 0 Å². The Morgan fingerprint density at radius 2 is 2.05 bits per heavy atom. The van der Waals surface area contributed by atoms with E-state index in [1.807, 2.05) is 24.3 Å². The molecule has 1 fully saturated rings. The summed E-state index contributed by atoms with van der Waals surface area (Å²) in [5.74, 6) is 5.72. The summed E-state index contributed by atoms with van der Waals surface area (Å²) in [6.45, 7) is 3.29. The van der Waals surface area contributed by atoms with Crippen LogP contribution in [0.3, 0.4) is 0 Å². The summed E-state index contributed by atoms with van der Waals surface area (Å²) in [6.07, 6.45) is 4.93. The van der Waals surface area contributed by atoms with Crippen molar-refractivity contribution in [1.82, 2.24) is 5.32 Å². The third kappa shape index (κ3) is 3.61. The molecule has 2 rings (SSSR count). The molecule has 3 nitrogen and oxygen atoms in total. The maximum Gasteiger partial charge on any atom is 0.252 e. The number of hydrogen-bond acceptors (Lipinski definition) is 2. The molecule has 3 N–H and O–H groups in total. The molecule has 1 aromatic rings. The molecule has 0 aliphatic heterocycles. The Bertz CT molecular complexity index is 533. The van der Waals surface area contributed by atoms with E-state index in [9.17, 15) is 4.79 Å². The van der Waals surface area contributed by atoms with E-state index in [0.717, 1.165) is 12.1 Å². The molecule has 0 bridgehead atoms. The van der Waals surface area contributed by atoms with Gasteiger partial charge in [0.05, 0.1) is 12.1 Å². The van der Waals surface area contributed by atoms with Crippen molar-refractivity contribution in [3.8, 4) is 11.8 Å². The summed E-state index contributed by atoms with van der Waals surface area (Å²) in [7, 11) is 0. The molecule has 0 unspecified atom stereocenters. The molecule has 0 saturated heterocycles. The zero-order valence-corrected chi connectivity index (χ0v) is 12.0. The highest BCUT2D eigenvalue weighted by molar-refractivity contribution is 5.96. The largest absolute Gasteiger partial charge is 0.351 e. The van der Waals surface area contributed by atoms with Crippen LogP contribution in [0, 0.1) is 17.3 Å². The molecule has 1 amide bonds. The van der Waals surface area contributed by atoms with Gasteiger partial charge in [-0.05, 0) is 30.4 Å². The van der Waals surface area contributed by atoms with E-state index in [1.165, 1.54) is 25.7 Å². The molecular weight excluding hydrogens is 248 g/mol. The van der Waals surface area contributed by atoms with Crippen LogP contribution in [-0.2, 0) is 0 Å². The van der Waals surface area contributed by atoms with Crippen molar-refractivity contribution in [3.05, 3.63) is 35.4 Å². The van der Waals surface area contributed by atoms with Crippen molar-refractivity contribution in [2.24, 2.45) is 11.1 Å². The Hall–Kier alpha value is -1.79. The monoisotopic (exact) mass is 270 g/mol. The lowest BCUT2D eigenvalue weighted by molar-refractivity contribution is 0.0934. The zero-order chi connectivity index (χ0) is 14.4. The van der Waals surface area contributed by atoms with Gasteiger partial charge in [-0.25, -0.2) is 0 Å². The van der Waals surface area contributed by atoms with Crippen LogP contribution in [0.25, 0.3) is 0 Å². The van der Waals surface area contributed by atoms with Crippen LogP contribution in [0.15, 0.2) is 24.3 Å². The predicted octanol–water partition coefficient (Wildman–Crippen LogP) is 2.31. The smallest absolute Gasteiger partial charge is 0.252 e. The van der Waals surface area contributed by atoms with Crippen LogP contribution in [0.5, 0.6) is 0 Å². The first-order valence-corrected chi connectivity index (χ1v) is 7.21. The van der Waals surface area contributed by atoms with E-state index in [-0.39, 0.29) is 11.3 Å². The summed E-state index contributed by atoms with van der Waals surface area (Å²) < 4.78 is 0. The van der Waals surface area contributed by atoms with Crippen molar-refractivity contribution in [2.45, 2.75) is 32.6 Å². The second-order valence-electron chi connectivity index (χ2n) is 5.75. The summed E-state index contributed by atoms with van der Waals surface area (Å²) in [5, 5.41) is 3.06. The van der Waals surface area contributed by atoms with Crippen LogP contribution in [0.2, 0.25) is 0 Å². The first kappa shape index (κ1) is 14.6. The fraction of sp³-hybridized carbons (Fsp3) is 0.471. The van der Waals surface area contributed by atoms with E-state index in [1.54, 1.807) is 0 Å². The third-order valence-electron chi connectivity index (χ3n) is 3.98. The molecule has 0 radical (unpaired) electrons. The average molecular weight is 270 g/mol. The molecule has 20 heavy (non-hydrogen) atoms. The van der Waals surface area contributed by atoms with Crippen molar-refractivity contribution < 1.29 is 4.79 Å². The fourth-order valence-electron chi connectivity index (χ4n) is 2.73. The van der Waals surface area contributed by atoms with Crippen LogP contribution < -0.4 is 11.1 Å². The molecule has 3 heteroatoms. The number of nitrogens with two attached hydrogens (primary N) is 1. The standard InChI is InChI=1S/C17H22N2O/c1-17(10-4-5-11-17)13-19-16(20)15-9-3-2-7-14(15)8-6-12-18/h2-3,7,9H,4-5,10-13,18H2,1H3,(H,19,20). The number of carbonyl (C=O) groups excluding carboxylic acids is 1. The SMILES string of the molecule is CC1(CNC(=O)c2ccccc2C#CCN)CCCC1. The number of benzene rings is 1. The minimum atomic E-state index is -0.0416. The molecule has 0 atom stereocenters. The normalized spacial score (nSPS) is 16.3. The molecule has 0 spiro atoms. The van der Waals surface area contributed by atoms with Gasteiger partial charge in [0, 0.05) is 12.1 Å². The summed E-state index contributed by atoms with van der Waals surface area (Å²) >= 11 is 0. The first-order chi connectivity index (χ1) is 9.64. The maximum absolute atomic E-state index is 12.3. The predicted molar refractivity (Wildman–Crippen MR) is 81.3 cm³/mol. The Kier molecular flexibility index (Phi) is 4.81. The molecule has 106 valence electrons. The lowest BCUT2D eigenvalue weighted by Crippen LogP contribution is -2.34. The van der Waals surface area contributed by atoms with Gasteiger partial charge in [0.1, 0.15) is 0 Å². The third-order valence-corrected chi connectivity index (χ3v) is 3.98.